The van der Waals surface area contributed by atoms with E-state index in [1.807, 2.05) is 12.1 Å². The van der Waals surface area contributed by atoms with Crippen LogP contribution in [0.15, 0.2) is 48.5 Å². The van der Waals surface area contributed by atoms with Gasteiger partial charge in [0.1, 0.15) is 5.82 Å². The molecule has 1 saturated heterocycles. The van der Waals surface area contributed by atoms with E-state index in [-0.39, 0.29) is 17.8 Å². The van der Waals surface area contributed by atoms with Crippen LogP contribution in [0.3, 0.4) is 0 Å². The molecular formula is C27H35FN4OS. The van der Waals surface area contributed by atoms with Crippen LogP contribution < -0.4 is 10.6 Å². The smallest absolute Gasteiger partial charge is 0.242 e. The van der Waals surface area contributed by atoms with Crippen molar-refractivity contribution in [2.24, 2.45) is 5.92 Å². The van der Waals surface area contributed by atoms with Gasteiger partial charge in [0.2, 0.25) is 5.91 Å². The third-order valence-electron chi connectivity index (χ3n) is 7.05. The summed E-state index contributed by atoms with van der Waals surface area (Å²) in [6.45, 7) is 7.42. The number of hydrogen-bond donors (Lipinski definition) is 2. The maximum atomic E-state index is 13.5. The number of rotatable bonds is 6. The fourth-order valence-corrected chi connectivity index (χ4v) is 5.36. The summed E-state index contributed by atoms with van der Waals surface area (Å²) in [5, 5.41) is 7.03. The van der Waals surface area contributed by atoms with E-state index in [2.05, 4.69) is 46.4 Å². The Hall–Kier alpha value is -2.51. The summed E-state index contributed by atoms with van der Waals surface area (Å²) in [6.07, 6.45) is 4.61. The number of carbonyl (C=O) groups is 1. The molecule has 34 heavy (non-hydrogen) atoms. The second-order valence-corrected chi connectivity index (χ2v) is 10.1. The molecule has 5 nitrogen and oxygen atoms in total. The van der Waals surface area contributed by atoms with E-state index in [0.29, 0.717) is 16.9 Å². The van der Waals surface area contributed by atoms with E-state index in [0.717, 1.165) is 50.4 Å². The van der Waals surface area contributed by atoms with Gasteiger partial charge in [-0.1, -0.05) is 38.8 Å². The summed E-state index contributed by atoms with van der Waals surface area (Å²) in [4.78, 5) is 17.9. The Balaban J connectivity index is 1.37. The number of halogens is 1. The number of anilines is 2. The number of hydrogen-bond acceptors (Lipinski definition) is 3. The van der Waals surface area contributed by atoms with Gasteiger partial charge >= 0.3 is 0 Å². The Labute approximate surface area is 207 Å². The van der Waals surface area contributed by atoms with E-state index in [1.165, 1.54) is 30.5 Å². The SMILES string of the molecule is CC(C)c1ccc(NC(=O)C(C2CCCC2)N2CCN(C(=S)Nc3ccc(F)cc3)CC2)cc1. The van der Waals surface area contributed by atoms with Gasteiger partial charge in [0.05, 0.1) is 6.04 Å². The monoisotopic (exact) mass is 482 g/mol. The summed E-state index contributed by atoms with van der Waals surface area (Å²) in [5.74, 6) is 0.698. The summed E-state index contributed by atoms with van der Waals surface area (Å²) < 4.78 is 13.2. The molecule has 2 N–H and O–H groups in total. The van der Waals surface area contributed by atoms with Crippen molar-refractivity contribution in [3.8, 4) is 0 Å². The van der Waals surface area contributed by atoms with Crippen molar-refractivity contribution in [1.82, 2.24) is 9.80 Å². The molecule has 1 amide bonds. The minimum Gasteiger partial charge on any atom is -0.346 e. The number of piperazine rings is 1. The molecule has 0 radical (unpaired) electrons. The van der Waals surface area contributed by atoms with Crippen LogP contribution in [-0.4, -0.2) is 53.0 Å². The molecule has 1 aliphatic carbocycles. The molecule has 2 fully saturated rings. The van der Waals surface area contributed by atoms with Crippen LogP contribution in [-0.2, 0) is 4.79 Å². The Kier molecular flexibility index (Phi) is 8.16. The lowest BCUT2D eigenvalue weighted by molar-refractivity contribution is -0.123. The van der Waals surface area contributed by atoms with Crippen molar-refractivity contribution < 1.29 is 9.18 Å². The first-order valence-electron chi connectivity index (χ1n) is 12.4. The normalized spacial score (nSPS) is 18.2. The molecule has 0 spiro atoms. The van der Waals surface area contributed by atoms with E-state index >= 15 is 0 Å². The van der Waals surface area contributed by atoms with E-state index in [4.69, 9.17) is 12.2 Å². The third kappa shape index (κ3) is 6.13. The average Bonchev–Trinajstić information content (AvgIpc) is 3.36. The van der Waals surface area contributed by atoms with Crippen molar-refractivity contribution >= 4 is 34.6 Å². The quantitative estimate of drug-likeness (QED) is 0.536. The standard InChI is InChI=1S/C27H35FN4OS/c1-19(2)20-7-11-23(12-8-20)29-26(33)25(21-5-3-4-6-21)31-15-17-32(18-16-31)27(34)30-24-13-9-22(28)10-14-24/h7-14,19,21,25H,3-6,15-18H2,1-2H3,(H,29,33)(H,30,34). The molecule has 7 heteroatoms. The number of nitrogens with one attached hydrogen (secondary N) is 2. The maximum Gasteiger partial charge on any atom is 0.242 e. The molecule has 2 aromatic carbocycles. The summed E-state index contributed by atoms with van der Waals surface area (Å²) in [6, 6.07) is 14.3. The Morgan fingerprint density at radius 2 is 1.47 bits per heavy atom. The highest BCUT2D eigenvalue weighted by molar-refractivity contribution is 7.80. The largest absolute Gasteiger partial charge is 0.346 e. The van der Waals surface area contributed by atoms with Gasteiger partial charge in [-0.3, -0.25) is 9.69 Å². The van der Waals surface area contributed by atoms with Gasteiger partial charge in [-0.15, -0.1) is 0 Å². The molecule has 2 aliphatic rings. The van der Waals surface area contributed by atoms with Gasteiger partial charge < -0.3 is 15.5 Å². The number of amides is 1. The molecule has 2 aromatic rings. The van der Waals surface area contributed by atoms with Crippen molar-refractivity contribution in [3.63, 3.8) is 0 Å². The number of benzene rings is 2. The molecule has 0 aromatic heterocycles. The number of thiocarbonyl (C=S) groups is 1. The highest BCUT2D eigenvalue weighted by Gasteiger charge is 2.37. The van der Waals surface area contributed by atoms with E-state index in [9.17, 15) is 9.18 Å². The zero-order valence-electron chi connectivity index (χ0n) is 20.1. The fourth-order valence-electron chi connectivity index (χ4n) is 5.06. The van der Waals surface area contributed by atoms with Crippen LogP contribution in [0.2, 0.25) is 0 Å². The second-order valence-electron chi connectivity index (χ2n) is 9.72. The minimum absolute atomic E-state index is 0.102. The van der Waals surface area contributed by atoms with Crippen LogP contribution in [0.4, 0.5) is 15.8 Å². The summed E-state index contributed by atoms with van der Waals surface area (Å²) >= 11 is 5.59. The summed E-state index contributed by atoms with van der Waals surface area (Å²) in [5.41, 5.74) is 2.91. The van der Waals surface area contributed by atoms with Gasteiger partial charge in [0.25, 0.3) is 0 Å². The lowest BCUT2D eigenvalue weighted by Gasteiger charge is -2.41. The molecular weight excluding hydrogens is 447 g/mol. The molecule has 1 unspecified atom stereocenters. The third-order valence-corrected chi connectivity index (χ3v) is 7.41. The van der Waals surface area contributed by atoms with Crippen molar-refractivity contribution in [3.05, 3.63) is 59.9 Å². The molecule has 1 heterocycles. The molecule has 1 atom stereocenters. The molecule has 182 valence electrons. The lowest BCUT2D eigenvalue weighted by Crippen LogP contribution is -2.57. The predicted octanol–water partition coefficient (Wildman–Crippen LogP) is 5.46. The highest BCUT2D eigenvalue weighted by Crippen LogP contribution is 2.32. The van der Waals surface area contributed by atoms with Crippen molar-refractivity contribution in [2.75, 3.05) is 36.8 Å². The number of carbonyl (C=O) groups excluding carboxylic acids is 1. The molecule has 1 saturated carbocycles. The van der Waals surface area contributed by atoms with Crippen LogP contribution in [0.25, 0.3) is 0 Å². The first-order valence-corrected chi connectivity index (χ1v) is 12.8. The van der Waals surface area contributed by atoms with Crippen molar-refractivity contribution in [1.29, 1.82) is 0 Å². The first kappa shape index (κ1) is 24.6. The first-order chi connectivity index (χ1) is 16.4. The number of nitrogens with zero attached hydrogens (tertiary/aromatic N) is 2. The zero-order valence-corrected chi connectivity index (χ0v) is 20.9. The van der Waals surface area contributed by atoms with Gasteiger partial charge in [-0.25, -0.2) is 4.39 Å². The lowest BCUT2D eigenvalue weighted by atomic mass is 9.94. The minimum atomic E-state index is -0.267. The Morgan fingerprint density at radius 1 is 0.912 bits per heavy atom. The van der Waals surface area contributed by atoms with Gasteiger partial charge in [0, 0.05) is 37.6 Å². The maximum absolute atomic E-state index is 13.5. The van der Waals surface area contributed by atoms with Crippen LogP contribution >= 0.6 is 12.2 Å². The second kappa shape index (κ2) is 11.3. The van der Waals surface area contributed by atoms with Gasteiger partial charge in [-0.05, 0) is 78.9 Å². The van der Waals surface area contributed by atoms with Gasteiger partial charge in [0.15, 0.2) is 5.11 Å². The molecule has 0 bridgehead atoms. The Bertz CT molecular complexity index is 965. The summed E-state index contributed by atoms with van der Waals surface area (Å²) in [7, 11) is 0. The van der Waals surface area contributed by atoms with Crippen LogP contribution in [0.5, 0.6) is 0 Å². The predicted molar refractivity (Wildman–Crippen MR) is 141 cm³/mol. The van der Waals surface area contributed by atoms with E-state index < -0.39 is 0 Å². The highest BCUT2D eigenvalue weighted by atomic mass is 32.1. The molecule has 1 aliphatic heterocycles. The van der Waals surface area contributed by atoms with Crippen LogP contribution in [0.1, 0.15) is 51.0 Å². The van der Waals surface area contributed by atoms with Gasteiger partial charge in [-0.2, -0.15) is 0 Å². The average molecular weight is 483 g/mol. The zero-order chi connectivity index (χ0) is 24.1. The molecule has 4 rings (SSSR count). The van der Waals surface area contributed by atoms with Crippen molar-refractivity contribution in [2.45, 2.75) is 51.5 Å². The topological polar surface area (TPSA) is 47.6 Å². The Morgan fingerprint density at radius 3 is 2.06 bits per heavy atom. The van der Waals surface area contributed by atoms with E-state index in [1.54, 1.807) is 12.1 Å². The van der Waals surface area contributed by atoms with Crippen LogP contribution in [0, 0.1) is 11.7 Å². The fraction of sp³-hybridized carbons (Fsp3) is 0.481.